The molecule has 0 bridgehead atoms. The minimum Gasteiger partial charge on any atom is -0.497 e. The molecule has 0 fully saturated rings. The van der Waals surface area contributed by atoms with Crippen molar-refractivity contribution < 1.29 is 23.5 Å². The van der Waals surface area contributed by atoms with Gasteiger partial charge in [-0.15, -0.1) is 0 Å². The van der Waals surface area contributed by atoms with Gasteiger partial charge in [-0.2, -0.15) is 0 Å². The highest BCUT2D eigenvalue weighted by Gasteiger charge is 2.29. The number of furan rings is 1. The summed E-state index contributed by atoms with van der Waals surface area (Å²) in [5, 5.41) is 3.53. The Bertz CT molecular complexity index is 749. The number of carbonyl (C=O) groups is 2. The number of hydrogen-bond acceptors (Lipinski definition) is 5. The van der Waals surface area contributed by atoms with Crippen molar-refractivity contribution in [1.82, 2.24) is 5.32 Å². The Morgan fingerprint density at radius 2 is 2.00 bits per heavy atom. The fourth-order valence-electron chi connectivity index (χ4n) is 2.55. The maximum Gasteiger partial charge on any atom is 0.328 e. The van der Waals surface area contributed by atoms with E-state index in [2.05, 4.69) is 5.32 Å². The highest BCUT2D eigenvalue weighted by molar-refractivity contribution is 6.00. The van der Waals surface area contributed by atoms with Crippen molar-refractivity contribution in [3.05, 3.63) is 29.5 Å². The lowest BCUT2D eigenvalue weighted by atomic mass is 9.99. The SMILES string of the molecule is CC[C@H](C)[C@H](NC(=O)c1oc2ccc(OC)cc2c1C)C(=O)OC. The van der Waals surface area contributed by atoms with Gasteiger partial charge in [0, 0.05) is 10.9 Å². The first kappa shape index (κ1) is 17.8. The molecular weight excluding hydrogens is 310 g/mol. The second-order valence-corrected chi connectivity index (χ2v) is 5.78. The van der Waals surface area contributed by atoms with Crippen LogP contribution in [0.3, 0.4) is 0 Å². The zero-order chi connectivity index (χ0) is 17.9. The van der Waals surface area contributed by atoms with Crippen LogP contribution in [-0.4, -0.2) is 32.1 Å². The van der Waals surface area contributed by atoms with Crippen molar-refractivity contribution in [1.29, 1.82) is 0 Å². The first-order chi connectivity index (χ1) is 11.4. The molecule has 6 nitrogen and oxygen atoms in total. The third-order valence-corrected chi connectivity index (χ3v) is 4.30. The molecule has 1 N–H and O–H groups in total. The molecule has 24 heavy (non-hydrogen) atoms. The molecule has 2 aromatic rings. The molecule has 0 aliphatic carbocycles. The molecule has 0 saturated heterocycles. The van der Waals surface area contributed by atoms with Crippen LogP contribution in [0.25, 0.3) is 11.0 Å². The highest BCUT2D eigenvalue weighted by atomic mass is 16.5. The number of fused-ring (bicyclic) bond motifs is 1. The Kier molecular flexibility index (Phi) is 5.49. The summed E-state index contributed by atoms with van der Waals surface area (Å²) >= 11 is 0. The van der Waals surface area contributed by atoms with Gasteiger partial charge in [0.05, 0.1) is 14.2 Å². The number of ether oxygens (including phenoxy) is 2. The number of esters is 1. The maximum atomic E-state index is 12.6. The summed E-state index contributed by atoms with van der Waals surface area (Å²) < 4.78 is 15.7. The van der Waals surface area contributed by atoms with Gasteiger partial charge in [-0.3, -0.25) is 4.79 Å². The molecule has 2 atom stereocenters. The topological polar surface area (TPSA) is 77.8 Å². The summed E-state index contributed by atoms with van der Waals surface area (Å²) in [6.07, 6.45) is 0.732. The molecule has 130 valence electrons. The third-order valence-electron chi connectivity index (χ3n) is 4.30. The number of methoxy groups -OCH3 is 2. The molecule has 0 aliphatic rings. The van der Waals surface area contributed by atoms with Crippen molar-refractivity contribution >= 4 is 22.8 Å². The van der Waals surface area contributed by atoms with Crippen molar-refractivity contribution in [2.45, 2.75) is 33.2 Å². The lowest BCUT2D eigenvalue weighted by Crippen LogP contribution is -2.45. The second-order valence-electron chi connectivity index (χ2n) is 5.78. The van der Waals surface area contributed by atoms with Gasteiger partial charge in [-0.05, 0) is 31.0 Å². The Balaban J connectivity index is 2.33. The molecular formula is C18H23NO5. The van der Waals surface area contributed by atoms with E-state index in [-0.39, 0.29) is 11.7 Å². The molecule has 0 aliphatic heterocycles. The lowest BCUT2D eigenvalue weighted by Gasteiger charge is -2.21. The van der Waals surface area contributed by atoms with E-state index in [1.807, 2.05) is 19.9 Å². The maximum absolute atomic E-state index is 12.6. The van der Waals surface area contributed by atoms with Crippen molar-refractivity contribution in [2.75, 3.05) is 14.2 Å². The number of hydrogen-bond donors (Lipinski definition) is 1. The molecule has 6 heteroatoms. The van der Waals surface area contributed by atoms with Gasteiger partial charge in [0.1, 0.15) is 17.4 Å². The van der Waals surface area contributed by atoms with Crippen LogP contribution in [-0.2, 0) is 9.53 Å². The summed E-state index contributed by atoms with van der Waals surface area (Å²) in [5.74, 6) is -0.0708. The first-order valence-corrected chi connectivity index (χ1v) is 7.88. The van der Waals surface area contributed by atoms with Crippen LogP contribution >= 0.6 is 0 Å². The number of carbonyl (C=O) groups excluding carboxylic acids is 2. The van der Waals surface area contributed by atoms with Gasteiger partial charge in [0.15, 0.2) is 5.76 Å². The zero-order valence-corrected chi connectivity index (χ0v) is 14.6. The normalized spacial score (nSPS) is 13.4. The van der Waals surface area contributed by atoms with Crippen LogP contribution in [0.4, 0.5) is 0 Å². The summed E-state index contributed by atoms with van der Waals surface area (Å²) in [6, 6.07) is 4.63. The van der Waals surface area contributed by atoms with Gasteiger partial charge >= 0.3 is 5.97 Å². The molecule has 1 amide bonds. The van der Waals surface area contributed by atoms with Gasteiger partial charge in [0.2, 0.25) is 0 Å². The van der Waals surface area contributed by atoms with Crippen LogP contribution in [0.15, 0.2) is 22.6 Å². The van der Waals surface area contributed by atoms with Crippen LogP contribution < -0.4 is 10.1 Å². The quantitative estimate of drug-likeness (QED) is 0.822. The fourth-order valence-corrected chi connectivity index (χ4v) is 2.55. The lowest BCUT2D eigenvalue weighted by molar-refractivity contribution is -0.144. The largest absolute Gasteiger partial charge is 0.497 e. The van der Waals surface area contributed by atoms with Gasteiger partial charge in [-0.1, -0.05) is 20.3 Å². The average Bonchev–Trinajstić information content (AvgIpc) is 2.94. The van der Waals surface area contributed by atoms with E-state index in [0.717, 1.165) is 11.8 Å². The minimum atomic E-state index is -0.713. The Morgan fingerprint density at radius 3 is 2.58 bits per heavy atom. The molecule has 1 aromatic carbocycles. The molecule has 0 saturated carbocycles. The van der Waals surface area contributed by atoms with Crippen molar-refractivity contribution in [2.24, 2.45) is 5.92 Å². The van der Waals surface area contributed by atoms with Crippen LogP contribution in [0, 0.1) is 12.8 Å². The first-order valence-electron chi connectivity index (χ1n) is 7.88. The van der Waals surface area contributed by atoms with Gasteiger partial charge < -0.3 is 19.2 Å². The molecule has 1 heterocycles. The summed E-state index contributed by atoms with van der Waals surface area (Å²) in [4.78, 5) is 24.5. The Hall–Kier alpha value is -2.50. The summed E-state index contributed by atoms with van der Waals surface area (Å²) in [6.45, 7) is 5.64. The number of nitrogens with one attached hydrogen (secondary N) is 1. The summed E-state index contributed by atoms with van der Waals surface area (Å²) in [5.41, 5.74) is 1.30. The predicted molar refractivity (Wildman–Crippen MR) is 90.2 cm³/mol. The molecule has 0 unspecified atom stereocenters. The van der Waals surface area contributed by atoms with Crippen molar-refractivity contribution in [3.8, 4) is 5.75 Å². The second kappa shape index (κ2) is 7.38. The Morgan fingerprint density at radius 1 is 1.29 bits per heavy atom. The van der Waals surface area contributed by atoms with Gasteiger partial charge in [-0.25, -0.2) is 4.79 Å². The van der Waals surface area contributed by atoms with Crippen molar-refractivity contribution in [3.63, 3.8) is 0 Å². The van der Waals surface area contributed by atoms with Gasteiger partial charge in [0.25, 0.3) is 5.91 Å². The number of aryl methyl sites for hydroxylation is 1. The van der Waals surface area contributed by atoms with Crippen LogP contribution in [0.2, 0.25) is 0 Å². The Labute approximate surface area is 141 Å². The predicted octanol–water partition coefficient (Wildman–Crippen LogP) is 3.07. The number of rotatable bonds is 6. The third kappa shape index (κ3) is 3.37. The van der Waals surface area contributed by atoms with E-state index >= 15 is 0 Å². The van der Waals surface area contributed by atoms with E-state index in [1.54, 1.807) is 26.2 Å². The van der Waals surface area contributed by atoms with E-state index in [0.29, 0.717) is 16.9 Å². The van der Waals surface area contributed by atoms with E-state index in [9.17, 15) is 9.59 Å². The number of amides is 1. The van der Waals surface area contributed by atoms with Crippen LogP contribution in [0.1, 0.15) is 36.4 Å². The zero-order valence-electron chi connectivity index (χ0n) is 14.6. The molecule has 2 rings (SSSR count). The summed E-state index contributed by atoms with van der Waals surface area (Å²) in [7, 11) is 2.89. The fraction of sp³-hybridized carbons (Fsp3) is 0.444. The molecule has 0 radical (unpaired) electrons. The minimum absolute atomic E-state index is 0.0498. The van der Waals surface area contributed by atoms with E-state index in [4.69, 9.17) is 13.9 Å². The average molecular weight is 333 g/mol. The number of benzene rings is 1. The standard InChI is InChI=1S/C18H23NO5/c1-6-10(2)15(18(21)23-5)19-17(20)16-11(3)13-9-12(22-4)7-8-14(13)24-16/h7-10,15H,6H2,1-5H3,(H,19,20)/t10-,15-/m0/s1. The smallest absolute Gasteiger partial charge is 0.328 e. The highest BCUT2D eigenvalue weighted by Crippen LogP contribution is 2.29. The van der Waals surface area contributed by atoms with Crippen LogP contribution in [0.5, 0.6) is 5.75 Å². The monoisotopic (exact) mass is 333 g/mol. The van der Waals surface area contributed by atoms with E-state index in [1.165, 1.54) is 7.11 Å². The van der Waals surface area contributed by atoms with E-state index < -0.39 is 17.9 Å². The molecule has 1 aromatic heterocycles. The molecule has 0 spiro atoms.